The van der Waals surface area contributed by atoms with Crippen LogP contribution in [-0.4, -0.2) is 18.2 Å². The molecule has 1 N–H and O–H groups in total. The van der Waals surface area contributed by atoms with E-state index < -0.39 is 38.6 Å². The predicted molar refractivity (Wildman–Crippen MR) is 88.7 cm³/mol. The fourth-order valence-electron chi connectivity index (χ4n) is 2.50. The number of hydrogen-bond acceptors (Lipinski definition) is 3. The Morgan fingerprint density at radius 3 is 2.00 bits per heavy atom. The number of alkyl halides is 3. The van der Waals surface area contributed by atoms with Crippen LogP contribution in [0, 0.1) is 0 Å². The van der Waals surface area contributed by atoms with E-state index in [1.807, 2.05) is 5.10 Å². The molecule has 2 aromatic carbocycles. The maximum Gasteiger partial charge on any atom is 0.433 e. The van der Waals surface area contributed by atoms with Crippen LogP contribution in [0.4, 0.5) is 13.2 Å². The highest BCUT2D eigenvalue weighted by molar-refractivity contribution is 7.90. The minimum atomic E-state index is -4.90. The number of halogens is 3. The molecule has 0 aliphatic carbocycles. The van der Waals surface area contributed by atoms with Crippen LogP contribution in [0.1, 0.15) is 11.3 Å². The van der Waals surface area contributed by atoms with E-state index in [-0.39, 0.29) is 10.6 Å². The van der Waals surface area contributed by atoms with Crippen molar-refractivity contribution in [2.75, 3.05) is 0 Å². The lowest BCUT2D eigenvalue weighted by atomic mass is 10.2. The van der Waals surface area contributed by atoms with Gasteiger partial charge in [-0.15, -0.1) is 0 Å². The Balaban J connectivity index is 2.15. The van der Waals surface area contributed by atoms with Gasteiger partial charge in [0, 0.05) is 0 Å². The van der Waals surface area contributed by atoms with Gasteiger partial charge in [-0.25, -0.2) is 13.1 Å². The van der Waals surface area contributed by atoms with E-state index in [4.69, 9.17) is 0 Å². The zero-order chi connectivity index (χ0) is 18.9. The van der Waals surface area contributed by atoms with Crippen LogP contribution in [0.2, 0.25) is 0 Å². The number of para-hydroxylation sites is 1. The van der Waals surface area contributed by atoms with Crippen LogP contribution >= 0.6 is 0 Å². The molecular formula is C17H13F3N2O3S. The van der Waals surface area contributed by atoms with Gasteiger partial charge in [0.1, 0.15) is 5.69 Å². The molecule has 0 bridgehead atoms. The summed E-state index contributed by atoms with van der Waals surface area (Å²) in [6, 6.07) is 14.7. The summed E-state index contributed by atoms with van der Waals surface area (Å²) < 4.78 is 65.7. The topological polar surface area (TPSA) is 71.9 Å². The zero-order valence-corrected chi connectivity index (χ0v) is 14.0. The molecule has 0 saturated carbocycles. The van der Waals surface area contributed by atoms with Gasteiger partial charge < -0.3 is 0 Å². The Kier molecular flexibility index (Phi) is 4.49. The van der Waals surface area contributed by atoms with Crippen LogP contribution in [0.3, 0.4) is 0 Å². The Morgan fingerprint density at radius 1 is 0.923 bits per heavy atom. The average molecular weight is 382 g/mol. The van der Waals surface area contributed by atoms with Crippen molar-refractivity contribution in [2.24, 2.45) is 0 Å². The van der Waals surface area contributed by atoms with Crippen molar-refractivity contribution in [1.82, 2.24) is 9.78 Å². The summed E-state index contributed by atoms with van der Waals surface area (Å²) >= 11 is 0. The first-order valence-electron chi connectivity index (χ1n) is 7.44. The molecule has 26 heavy (non-hydrogen) atoms. The molecule has 0 unspecified atom stereocenters. The quantitative estimate of drug-likeness (QED) is 0.753. The first-order chi connectivity index (χ1) is 12.2. The number of H-pyrrole nitrogens is 1. The Labute approximate surface area is 146 Å². The molecule has 0 radical (unpaired) electrons. The van der Waals surface area contributed by atoms with Crippen LogP contribution < -0.4 is 5.56 Å². The van der Waals surface area contributed by atoms with Crippen molar-refractivity contribution in [3.05, 3.63) is 82.3 Å². The third-order valence-electron chi connectivity index (χ3n) is 3.72. The molecule has 3 aromatic rings. The third-order valence-corrected chi connectivity index (χ3v) is 5.38. The molecule has 5 nitrogen and oxygen atoms in total. The smallest absolute Gasteiger partial charge is 0.286 e. The first kappa shape index (κ1) is 18.0. The second kappa shape index (κ2) is 6.49. The summed E-state index contributed by atoms with van der Waals surface area (Å²) in [6.07, 6.45) is -4.90. The zero-order valence-electron chi connectivity index (χ0n) is 13.2. The van der Waals surface area contributed by atoms with Gasteiger partial charge in [-0.05, 0) is 24.3 Å². The monoisotopic (exact) mass is 382 g/mol. The van der Waals surface area contributed by atoms with Crippen molar-refractivity contribution in [1.29, 1.82) is 0 Å². The van der Waals surface area contributed by atoms with E-state index in [0.717, 1.165) is 0 Å². The number of aromatic amines is 1. The van der Waals surface area contributed by atoms with Crippen LogP contribution in [-0.2, 0) is 21.8 Å². The van der Waals surface area contributed by atoms with E-state index in [1.54, 1.807) is 24.3 Å². The van der Waals surface area contributed by atoms with Crippen molar-refractivity contribution < 1.29 is 21.6 Å². The van der Waals surface area contributed by atoms with Gasteiger partial charge in [0.25, 0.3) is 5.56 Å². The van der Waals surface area contributed by atoms with E-state index in [2.05, 4.69) is 0 Å². The van der Waals surface area contributed by atoms with Crippen molar-refractivity contribution in [3.8, 4) is 5.69 Å². The van der Waals surface area contributed by atoms with Crippen LogP contribution in [0.15, 0.2) is 70.4 Å². The van der Waals surface area contributed by atoms with E-state index in [1.165, 1.54) is 36.4 Å². The fraction of sp³-hybridized carbons (Fsp3) is 0.118. The summed E-state index contributed by atoms with van der Waals surface area (Å²) in [6.45, 7) is 0. The predicted octanol–water partition coefficient (Wildman–Crippen LogP) is 3.16. The highest BCUT2D eigenvalue weighted by atomic mass is 32.2. The van der Waals surface area contributed by atoms with Crippen molar-refractivity contribution in [3.63, 3.8) is 0 Å². The van der Waals surface area contributed by atoms with Gasteiger partial charge in [0.05, 0.1) is 21.9 Å². The Bertz CT molecular complexity index is 1070. The van der Waals surface area contributed by atoms with Crippen LogP contribution in [0.5, 0.6) is 0 Å². The molecule has 136 valence electrons. The Morgan fingerprint density at radius 2 is 1.46 bits per heavy atom. The lowest BCUT2D eigenvalue weighted by molar-refractivity contribution is -0.141. The fourth-order valence-corrected chi connectivity index (χ4v) is 3.89. The number of aromatic nitrogens is 2. The molecule has 3 rings (SSSR count). The summed E-state index contributed by atoms with van der Waals surface area (Å²) in [5, 5.41) is 2.00. The van der Waals surface area contributed by atoms with E-state index in [9.17, 15) is 26.4 Å². The minimum Gasteiger partial charge on any atom is -0.286 e. The van der Waals surface area contributed by atoms with Gasteiger partial charge in [-0.1, -0.05) is 36.4 Å². The second-order valence-electron chi connectivity index (χ2n) is 5.51. The molecule has 0 aliphatic rings. The molecular weight excluding hydrogens is 369 g/mol. The maximum atomic E-state index is 13.4. The lowest BCUT2D eigenvalue weighted by Gasteiger charge is -2.07. The average Bonchev–Trinajstić information content (AvgIpc) is 2.93. The summed E-state index contributed by atoms with van der Waals surface area (Å²) in [5.74, 6) is -1.05. The number of nitrogens with one attached hydrogen (secondary N) is 1. The SMILES string of the molecule is O=c1c(CS(=O)(=O)c2ccccc2)c(C(F)(F)F)[nH]n1-c1ccccc1. The standard InChI is InChI=1S/C17H13F3N2O3S/c18-17(19,20)15-14(11-26(24,25)13-9-5-2-6-10-13)16(23)22(21-15)12-7-3-1-4-8-12/h1-10,21H,11H2. The van der Waals surface area contributed by atoms with E-state index >= 15 is 0 Å². The second-order valence-corrected chi connectivity index (χ2v) is 7.50. The Hall–Kier alpha value is -2.81. The molecule has 0 aliphatic heterocycles. The number of nitrogens with zero attached hydrogens (tertiary/aromatic N) is 1. The highest BCUT2D eigenvalue weighted by Crippen LogP contribution is 2.31. The third kappa shape index (κ3) is 3.43. The molecule has 9 heteroatoms. The number of benzene rings is 2. The maximum absolute atomic E-state index is 13.4. The molecule has 0 fully saturated rings. The van der Waals surface area contributed by atoms with Gasteiger partial charge in [-0.2, -0.15) is 13.2 Å². The molecule has 1 heterocycles. The highest BCUT2D eigenvalue weighted by Gasteiger charge is 2.39. The van der Waals surface area contributed by atoms with E-state index in [0.29, 0.717) is 4.68 Å². The lowest BCUT2D eigenvalue weighted by Crippen LogP contribution is -2.20. The van der Waals surface area contributed by atoms with Crippen molar-refractivity contribution >= 4 is 9.84 Å². The molecule has 0 spiro atoms. The van der Waals surface area contributed by atoms with Crippen LogP contribution in [0.25, 0.3) is 5.69 Å². The molecule has 0 atom stereocenters. The molecule has 0 amide bonds. The largest absolute Gasteiger partial charge is 0.433 e. The van der Waals surface area contributed by atoms with Gasteiger partial charge in [0.15, 0.2) is 9.84 Å². The number of sulfone groups is 1. The van der Waals surface area contributed by atoms with Gasteiger partial charge in [-0.3, -0.25) is 9.89 Å². The van der Waals surface area contributed by atoms with Crippen molar-refractivity contribution in [2.45, 2.75) is 16.8 Å². The number of hydrogen-bond donors (Lipinski definition) is 1. The number of rotatable bonds is 4. The normalized spacial score (nSPS) is 12.3. The molecule has 1 aromatic heterocycles. The summed E-state index contributed by atoms with van der Waals surface area (Å²) in [7, 11) is -4.12. The minimum absolute atomic E-state index is 0.153. The van der Waals surface area contributed by atoms with Gasteiger partial charge >= 0.3 is 6.18 Å². The summed E-state index contributed by atoms with van der Waals surface area (Å²) in [4.78, 5) is 12.4. The molecule has 0 saturated heterocycles. The summed E-state index contributed by atoms with van der Waals surface area (Å²) in [5.41, 5.74) is -3.09. The first-order valence-corrected chi connectivity index (χ1v) is 9.10. The van der Waals surface area contributed by atoms with Gasteiger partial charge in [0.2, 0.25) is 0 Å².